The predicted octanol–water partition coefficient (Wildman–Crippen LogP) is 1.54. The maximum atomic E-state index is 10.8. The molecule has 1 amide bonds. The molecule has 6 nitrogen and oxygen atoms in total. The molecule has 0 aliphatic carbocycles. The number of rotatable bonds is 5. The van der Waals surface area contributed by atoms with Crippen molar-refractivity contribution in [1.29, 1.82) is 0 Å². The van der Waals surface area contributed by atoms with E-state index in [1.807, 2.05) is 12.1 Å². The number of halogens is 1. The first-order valence-electron chi connectivity index (χ1n) is 5.58. The summed E-state index contributed by atoms with van der Waals surface area (Å²) in [6.45, 7) is 2.06. The minimum absolute atomic E-state index is 0.0463. The molecular weight excluding hydrogens is 286 g/mol. The highest BCUT2D eigenvalue weighted by molar-refractivity contribution is 7.99. The lowest BCUT2D eigenvalue weighted by Crippen LogP contribution is -2.22. The van der Waals surface area contributed by atoms with Gasteiger partial charge in [-0.25, -0.2) is 0 Å². The molecule has 1 aromatic carbocycles. The summed E-state index contributed by atoms with van der Waals surface area (Å²) >= 11 is 7.40. The Balaban J connectivity index is 2.03. The highest BCUT2D eigenvalue weighted by Gasteiger charge is 2.08. The minimum Gasteiger partial charge on any atom is -0.356 e. The highest BCUT2D eigenvalue weighted by Crippen LogP contribution is 2.19. The van der Waals surface area contributed by atoms with Crippen LogP contribution in [0.4, 0.5) is 0 Å². The molecule has 0 bridgehead atoms. The summed E-state index contributed by atoms with van der Waals surface area (Å²) in [5, 5.41) is 15.5. The van der Waals surface area contributed by atoms with Crippen molar-refractivity contribution >= 4 is 29.3 Å². The van der Waals surface area contributed by atoms with Gasteiger partial charge in [0.05, 0.1) is 5.69 Å². The fourth-order valence-electron chi connectivity index (χ4n) is 1.41. The van der Waals surface area contributed by atoms with Crippen molar-refractivity contribution in [2.24, 2.45) is 0 Å². The molecule has 0 saturated heterocycles. The second kappa shape index (κ2) is 6.53. The molecule has 1 heterocycles. The molecule has 0 radical (unpaired) electrons. The quantitative estimate of drug-likeness (QED) is 0.669. The highest BCUT2D eigenvalue weighted by atomic mass is 35.5. The molecule has 0 atom stereocenters. The number of tetrazole rings is 1. The van der Waals surface area contributed by atoms with Crippen LogP contribution >= 0.6 is 23.4 Å². The molecular formula is C11H12ClN5OS. The topological polar surface area (TPSA) is 72.7 Å². The van der Waals surface area contributed by atoms with Gasteiger partial charge in [0.25, 0.3) is 0 Å². The van der Waals surface area contributed by atoms with Crippen LogP contribution < -0.4 is 5.32 Å². The second-order valence-corrected chi connectivity index (χ2v) is 5.18. The van der Waals surface area contributed by atoms with Gasteiger partial charge in [-0.3, -0.25) is 4.79 Å². The fourth-order valence-corrected chi connectivity index (χ4v) is 2.34. The fraction of sp³-hybridized carbons (Fsp3) is 0.273. The molecule has 1 N–H and O–H groups in total. The van der Waals surface area contributed by atoms with E-state index in [9.17, 15) is 4.79 Å². The first-order valence-corrected chi connectivity index (χ1v) is 6.95. The van der Waals surface area contributed by atoms with Gasteiger partial charge in [0.2, 0.25) is 11.1 Å². The van der Waals surface area contributed by atoms with Crippen LogP contribution in [0.3, 0.4) is 0 Å². The lowest BCUT2D eigenvalue weighted by atomic mass is 10.3. The Hall–Kier alpha value is -1.60. The van der Waals surface area contributed by atoms with E-state index in [1.54, 1.807) is 16.8 Å². The van der Waals surface area contributed by atoms with E-state index < -0.39 is 0 Å². The molecule has 2 aromatic rings. The summed E-state index contributed by atoms with van der Waals surface area (Å²) in [5.41, 5.74) is 0.805. The lowest BCUT2D eigenvalue weighted by molar-refractivity contribution is -0.118. The number of benzene rings is 1. The van der Waals surface area contributed by atoms with E-state index in [1.165, 1.54) is 18.7 Å². The summed E-state index contributed by atoms with van der Waals surface area (Å²) in [6.07, 6.45) is 0. The van der Waals surface area contributed by atoms with E-state index in [2.05, 4.69) is 20.8 Å². The van der Waals surface area contributed by atoms with Gasteiger partial charge in [-0.15, -0.1) is 5.10 Å². The van der Waals surface area contributed by atoms with Crippen LogP contribution in [0.2, 0.25) is 5.02 Å². The van der Waals surface area contributed by atoms with Gasteiger partial charge in [0.15, 0.2) is 0 Å². The number of hydrogen-bond acceptors (Lipinski definition) is 5. The molecule has 0 fully saturated rings. The third-order valence-electron chi connectivity index (χ3n) is 2.20. The Bertz CT molecular complexity index is 574. The number of nitrogens with zero attached hydrogens (tertiary/aromatic N) is 4. The molecule has 100 valence electrons. The first kappa shape index (κ1) is 13.8. The van der Waals surface area contributed by atoms with Gasteiger partial charge in [0, 0.05) is 24.2 Å². The Labute approximate surface area is 119 Å². The van der Waals surface area contributed by atoms with Crippen molar-refractivity contribution in [2.45, 2.75) is 12.1 Å². The van der Waals surface area contributed by atoms with Crippen molar-refractivity contribution in [3.05, 3.63) is 29.3 Å². The Morgan fingerprint density at radius 2 is 2.37 bits per heavy atom. The number of thioether (sulfide) groups is 1. The number of carbonyl (C=O) groups excluding carboxylic acids is 1. The van der Waals surface area contributed by atoms with E-state index >= 15 is 0 Å². The number of carbonyl (C=O) groups is 1. The van der Waals surface area contributed by atoms with Crippen LogP contribution in [0, 0.1) is 0 Å². The third kappa shape index (κ3) is 3.93. The van der Waals surface area contributed by atoms with E-state index in [0.29, 0.717) is 22.5 Å². The van der Waals surface area contributed by atoms with Gasteiger partial charge in [-0.2, -0.15) is 4.68 Å². The summed E-state index contributed by atoms with van der Waals surface area (Å²) < 4.78 is 1.62. The van der Waals surface area contributed by atoms with Gasteiger partial charge in [-0.05, 0) is 28.6 Å². The zero-order valence-electron chi connectivity index (χ0n) is 10.2. The van der Waals surface area contributed by atoms with Crippen LogP contribution in [-0.4, -0.2) is 38.4 Å². The molecule has 19 heavy (non-hydrogen) atoms. The van der Waals surface area contributed by atoms with Crippen LogP contribution in [0.1, 0.15) is 6.92 Å². The second-order valence-electron chi connectivity index (χ2n) is 3.68. The molecule has 8 heteroatoms. The number of aromatic nitrogens is 4. The first-order chi connectivity index (χ1) is 9.16. The number of amides is 1. The smallest absolute Gasteiger partial charge is 0.216 e. The van der Waals surface area contributed by atoms with Crippen LogP contribution in [0.25, 0.3) is 5.69 Å². The monoisotopic (exact) mass is 297 g/mol. The van der Waals surface area contributed by atoms with Crippen molar-refractivity contribution in [3.63, 3.8) is 0 Å². The van der Waals surface area contributed by atoms with Crippen molar-refractivity contribution in [2.75, 3.05) is 12.3 Å². The standard InChI is InChI=1S/C11H12ClN5OS/c1-8(18)13-5-6-19-11-14-15-16-17(11)10-4-2-3-9(12)7-10/h2-4,7H,5-6H2,1H3,(H,13,18). The maximum Gasteiger partial charge on any atom is 0.216 e. The molecule has 0 aliphatic heterocycles. The zero-order valence-corrected chi connectivity index (χ0v) is 11.8. The summed E-state index contributed by atoms with van der Waals surface area (Å²) in [4.78, 5) is 10.8. The minimum atomic E-state index is -0.0463. The summed E-state index contributed by atoms with van der Waals surface area (Å²) in [6, 6.07) is 7.29. The van der Waals surface area contributed by atoms with Gasteiger partial charge in [-0.1, -0.05) is 29.4 Å². The maximum absolute atomic E-state index is 10.8. The third-order valence-corrected chi connectivity index (χ3v) is 3.36. The van der Waals surface area contributed by atoms with Crippen molar-refractivity contribution in [1.82, 2.24) is 25.5 Å². The molecule has 0 aliphatic rings. The lowest BCUT2D eigenvalue weighted by Gasteiger charge is -2.04. The van der Waals surface area contributed by atoms with Gasteiger partial charge >= 0.3 is 0 Å². The SMILES string of the molecule is CC(=O)NCCSc1nnnn1-c1cccc(Cl)c1. The van der Waals surface area contributed by atoms with E-state index in [4.69, 9.17) is 11.6 Å². The average molecular weight is 298 g/mol. The normalized spacial score (nSPS) is 10.4. The Kier molecular flexibility index (Phi) is 4.75. The van der Waals surface area contributed by atoms with Crippen molar-refractivity contribution < 1.29 is 4.79 Å². The van der Waals surface area contributed by atoms with Crippen LogP contribution in [0.5, 0.6) is 0 Å². The molecule has 0 saturated carbocycles. The summed E-state index contributed by atoms with van der Waals surface area (Å²) in [5.74, 6) is 0.649. The number of nitrogens with one attached hydrogen (secondary N) is 1. The molecule has 0 unspecified atom stereocenters. The van der Waals surface area contributed by atoms with Gasteiger partial charge < -0.3 is 5.32 Å². The zero-order chi connectivity index (χ0) is 13.7. The predicted molar refractivity (Wildman–Crippen MR) is 73.6 cm³/mol. The van der Waals surface area contributed by atoms with E-state index in [-0.39, 0.29) is 5.91 Å². The molecule has 1 aromatic heterocycles. The average Bonchev–Trinajstić information content (AvgIpc) is 2.83. The molecule has 0 spiro atoms. The van der Waals surface area contributed by atoms with Crippen LogP contribution in [0.15, 0.2) is 29.4 Å². The van der Waals surface area contributed by atoms with E-state index in [0.717, 1.165) is 5.69 Å². The largest absolute Gasteiger partial charge is 0.356 e. The number of hydrogen-bond donors (Lipinski definition) is 1. The van der Waals surface area contributed by atoms with Crippen LogP contribution in [-0.2, 0) is 4.79 Å². The van der Waals surface area contributed by atoms with Crippen molar-refractivity contribution in [3.8, 4) is 5.69 Å². The molecule has 2 rings (SSSR count). The Morgan fingerprint density at radius 3 is 3.11 bits per heavy atom. The summed E-state index contributed by atoms with van der Waals surface area (Å²) in [7, 11) is 0. The van der Waals surface area contributed by atoms with Gasteiger partial charge in [0.1, 0.15) is 0 Å². The Morgan fingerprint density at radius 1 is 1.53 bits per heavy atom.